The highest BCUT2D eigenvalue weighted by Gasteiger charge is 2.32. The second-order valence-corrected chi connectivity index (χ2v) is 6.23. The van der Waals surface area contributed by atoms with Gasteiger partial charge in [0.1, 0.15) is 6.04 Å². The fraction of sp³-hybridized carbons (Fsp3) is 0.231. The van der Waals surface area contributed by atoms with Crippen molar-refractivity contribution in [3.63, 3.8) is 0 Å². The molecule has 1 fully saturated rings. The first kappa shape index (κ1) is 12.7. The van der Waals surface area contributed by atoms with E-state index in [1.54, 1.807) is 23.1 Å². The summed E-state index contributed by atoms with van der Waals surface area (Å²) >= 11 is 3.19. The topological polar surface area (TPSA) is 62.2 Å². The number of thioether (sulfide) groups is 1. The Bertz CT molecular complexity index is 585. The molecule has 2 unspecified atom stereocenters. The van der Waals surface area contributed by atoms with Crippen molar-refractivity contribution in [2.24, 2.45) is 0 Å². The normalized spacial score (nSPS) is 22.5. The monoisotopic (exact) mass is 292 g/mol. The second-order valence-electron chi connectivity index (χ2n) is 4.20. The second kappa shape index (κ2) is 5.32. The van der Waals surface area contributed by atoms with Gasteiger partial charge in [-0.05, 0) is 0 Å². The zero-order chi connectivity index (χ0) is 13.2. The van der Waals surface area contributed by atoms with Crippen LogP contribution >= 0.6 is 23.1 Å². The van der Waals surface area contributed by atoms with Crippen LogP contribution in [0.5, 0.6) is 0 Å². The number of benzene rings is 1. The Morgan fingerprint density at radius 3 is 2.84 bits per heavy atom. The van der Waals surface area contributed by atoms with Gasteiger partial charge < -0.3 is 5.11 Å². The molecule has 6 heteroatoms. The molecule has 0 aliphatic carbocycles. The van der Waals surface area contributed by atoms with E-state index in [-0.39, 0.29) is 5.37 Å². The van der Waals surface area contributed by atoms with Crippen molar-refractivity contribution in [2.75, 3.05) is 5.75 Å². The van der Waals surface area contributed by atoms with E-state index in [0.29, 0.717) is 5.75 Å². The number of nitrogens with one attached hydrogen (secondary N) is 1. The van der Waals surface area contributed by atoms with Crippen molar-refractivity contribution in [3.05, 3.63) is 40.7 Å². The molecule has 2 atom stereocenters. The first-order chi connectivity index (χ1) is 9.25. The number of aliphatic carboxylic acids is 1. The molecule has 0 saturated carbocycles. The molecule has 4 nitrogen and oxygen atoms in total. The third kappa shape index (κ3) is 2.51. The molecule has 1 aliphatic rings. The maximum absolute atomic E-state index is 11.0. The molecule has 0 radical (unpaired) electrons. The highest BCUT2D eigenvalue weighted by Crippen LogP contribution is 2.40. The van der Waals surface area contributed by atoms with E-state index >= 15 is 0 Å². The summed E-state index contributed by atoms with van der Waals surface area (Å²) in [6, 6.07) is 9.50. The summed E-state index contributed by atoms with van der Waals surface area (Å²) < 4.78 is 0. The van der Waals surface area contributed by atoms with E-state index < -0.39 is 12.0 Å². The van der Waals surface area contributed by atoms with Crippen LogP contribution in [-0.4, -0.2) is 27.9 Å². The van der Waals surface area contributed by atoms with Crippen LogP contribution in [0.2, 0.25) is 0 Å². The predicted molar refractivity (Wildman–Crippen MR) is 77.3 cm³/mol. The SMILES string of the molecule is O=C(O)C1CSC(c2scnc2-c2ccccc2)N1. The van der Waals surface area contributed by atoms with Crippen molar-refractivity contribution < 1.29 is 9.90 Å². The smallest absolute Gasteiger partial charge is 0.321 e. The van der Waals surface area contributed by atoms with Crippen LogP contribution in [0, 0.1) is 0 Å². The molecular weight excluding hydrogens is 280 g/mol. The molecule has 1 aromatic heterocycles. The molecule has 1 aromatic carbocycles. The van der Waals surface area contributed by atoms with Gasteiger partial charge in [0.2, 0.25) is 0 Å². The fourth-order valence-corrected chi connectivity index (χ4v) is 4.28. The summed E-state index contributed by atoms with van der Waals surface area (Å²) in [6.07, 6.45) is 0. The number of thiazole rings is 1. The van der Waals surface area contributed by atoms with Crippen LogP contribution in [0.3, 0.4) is 0 Å². The number of rotatable bonds is 3. The van der Waals surface area contributed by atoms with E-state index in [0.717, 1.165) is 16.1 Å². The molecule has 19 heavy (non-hydrogen) atoms. The number of carboxylic acids is 1. The molecule has 0 spiro atoms. The Morgan fingerprint density at radius 2 is 2.16 bits per heavy atom. The quantitative estimate of drug-likeness (QED) is 0.910. The minimum atomic E-state index is -0.791. The fourth-order valence-electron chi connectivity index (χ4n) is 2.02. The zero-order valence-corrected chi connectivity index (χ0v) is 11.6. The third-order valence-corrected chi connectivity index (χ3v) is 5.23. The van der Waals surface area contributed by atoms with Gasteiger partial charge in [-0.25, -0.2) is 4.98 Å². The van der Waals surface area contributed by atoms with E-state index in [1.165, 1.54) is 0 Å². The van der Waals surface area contributed by atoms with Crippen molar-refractivity contribution in [2.45, 2.75) is 11.4 Å². The summed E-state index contributed by atoms with van der Waals surface area (Å²) in [6.45, 7) is 0. The number of hydrogen-bond acceptors (Lipinski definition) is 5. The molecule has 2 aromatic rings. The minimum Gasteiger partial charge on any atom is -0.480 e. The standard InChI is InChI=1S/C13H12N2O2S2/c16-13(17)9-6-18-12(15-9)11-10(14-7-19-11)8-4-2-1-3-5-8/h1-5,7,9,12,15H,6H2,(H,16,17). The lowest BCUT2D eigenvalue weighted by Crippen LogP contribution is -2.33. The summed E-state index contributed by atoms with van der Waals surface area (Å²) in [5, 5.41) is 12.2. The average molecular weight is 292 g/mol. The number of carboxylic acid groups (broad SMARTS) is 1. The zero-order valence-electron chi connectivity index (χ0n) is 9.95. The van der Waals surface area contributed by atoms with Crippen LogP contribution in [0.4, 0.5) is 0 Å². The van der Waals surface area contributed by atoms with E-state index in [9.17, 15) is 4.79 Å². The molecule has 2 N–H and O–H groups in total. The number of hydrogen-bond donors (Lipinski definition) is 2. The highest BCUT2D eigenvalue weighted by molar-refractivity contribution is 7.99. The van der Waals surface area contributed by atoms with Crippen molar-refractivity contribution >= 4 is 29.1 Å². The molecule has 1 saturated heterocycles. The number of carbonyl (C=O) groups is 1. The van der Waals surface area contributed by atoms with Gasteiger partial charge in [-0.1, -0.05) is 30.3 Å². The van der Waals surface area contributed by atoms with E-state index in [4.69, 9.17) is 5.11 Å². The average Bonchev–Trinajstić information content (AvgIpc) is 3.08. The molecule has 3 rings (SSSR count). The lowest BCUT2D eigenvalue weighted by molar-refractivity contribution is -0.138. The Hall–Kier alpha value is -1.37. The van der Waals surface area contributed by atoms with Gasteiger partial charge in [0.15, 0.2) is 0 Å². The molecule has 0 bridgehead atoms. The lowest BCUT2D eigenvalue weighted by Gasteiger charge is -2.10. The maximum atomic E-state index is 11.0. The van der Waals surface area contributed by atoms with E-state index in [1.807, 2.05) is 35.8 Å². The summed E-state index contributed by atoms with van der Waals surface area (Å²) in [7, 11) is 0. The van der Waals surface area contributed by atoms with Crippen LogP contribution in [-0.2, 0) is 4.79 Å². The van der Waals surface area contributed by atoms with Gasteiger partial charge in [-0.3, -0.25) is 10.1 Å². The Morgan fingerprint density at radius 1 is 1.37 bits per heavy atom. The van der Waals surface area contributed by atoms with Crippen LogP contribution < -0.4 is 5.32 Å². The van der Waals surface area contributed by atoms with Gasteiger partial charge in [-0.2, -0.15) is 0 Å². The maximum Gasteiger partial charge on any atom is 0.321 e. The Kier molecular flexibility index (Phi) is 3.54. The van der Waals surface area contributed by atoms with Crippen molar-refractivity contribution in [1.29, 1.82) is 0 Å². The number of nitrogens with zero attached hydrogens (tertiary/aromatic N) is 1. The van der Waals surface area contributed by atoms with E-state index in [2.05, 4.69) is 10.3 Å². The summed E-state index contributed by atoms with van der Waals surface area (Å²) in [5.41, 5.74) is 3.83. The molecule has 98 valence electrons. The Labute approximate surface area is 118 Å². The molecule has 0 amide bonds. The highest BCUT2D eigenvalue weighted by atomic mass is 32.2. The van der Waals surface area contributed by atoms with Gasteiger partial charge in [0, 0.05) is 11.3 Å². The predicted octanol–water partition coefficient (Wildman–Crippen LogP) is 2.60. The molecular formula is C13H12N2O2S2. The van der Waals surface area contributed by atoms with Crippen LogP contribution in [0.15, 0.2) is 35.8 Å². The first-order valence-electron chi connectivity index (χ1n) is 5.85. The molecule has 2 heterocycles. The summed E-state index contributed by atoms with van der Waals surface area (Å²) in [4.78, 5) is 16.5. The summed E-state index contributed by atoms with van der Waals surface area (Å²) in [5.74, 6) is -0.202. The van der Waals surface area contributed by atoms with Gasteiger partial charge in [0.05, 0.1) is 21.5 Å². The van der Waals surface area contributed by atoms with Crippen LogP contribution in [0.1, 0.15) is 10.3 Å². The lowest BCUT2D eigenvalue weighted by atomic mass is 10.1. The Balaban J connectivity index is 1.88. The van der Waals surface area contributed by atoms with Gasteiger partial charge in [0.25, 0.3) is 0 Å². The number of aromatic nitrogens is 1. The minimum absolute atomic E-state index is 0.0174. The molecule has 1 aliphatic heterocycles. The van der Waals surface area contributed by atoms with Gasteiger partial charge >= 0.3 is 5.97 Å². The first-order valence-corrected chi connectivity index (χ1v) is 7.78. The largest absolute Gasteiger partial charge is 0.480 e. The van der Waals surface area contributed by atoms with Crippen LogP contribution in [0.25, 0.3) is 11.3 Å². The van der Waals surface area contributed by atoms with Gasteiger partial charge in [-0.15, -0.1) is 23.1 Å². The van der Waals surface area contributed by atoms with Crippen molar-refractivity contribution in [3.8, 4) is 11.3 Å². The third-order valence-electron chi connectivity index (χ3n) is 2.96. The van der Waals surface area contributed by atoms with Crippen molar-refractivity contribution in [1.82, 2.24) is 10.3 Å².